The highest BCUT2D eigenvalue weighted by Crippen LogP contribution is 2.34. The van der Waals surface area contributed by atoms with Crippen molar-refractivity contribution in [3.05, 3.63) is 70.3 Å². The Labute approximate surface area is 222 Å². The minimum atomic E-state index is -0.0334. The number of aromatic nitrogens is 6. The van der Waals surface area contributed by atoms with Crippen LogP contribution in [-0.2, 0) is 13.0 Å². The van der Waals surface area contributed by atoms with E-state index in [4.69, 9.17) is 36.1 Å². The number of fused-ring (bicyclic) bond motifs is 3. The monoisotopic (exact) mass is 536 g/mol. The van der Waals surface area contributed by atoms with Gasteiger partial charge in [0.15, 0.2) is 33.9 Å². The third-order valence-electron chi connectivity index (χ3n) is 5.94. The number of nitrogens with zero attached hydrogens (tertiary/aromatic N) is 6. The predicted molar refractivity (Wildman–Crippen MR) is 143 cm³/mol. The molecule has 11 heteroatoms. The Hall–Kier alpha value is -3.63. The lowest BCUT2D eigenvalue weighted by Crippen LogP contribution is -2.07. The summed E-state index contributed by atoms with van der Waals surface area (Å²) in [6, 6.07) is 12.6. The zero-order chi connectivity index (χ0) is 26.1. The van der Waals surface area contributed by atoms with Crippen LogP contribution in [0.2, 0.25) is 5.02 Å². The molecule has 190 valence electrons. The quantitative estimate of drug-likeness (QED) is 0.148. The molecule has 0 saturated heterocycles. The van der Waals surface area contributed by atoms with Crippen molar-refractivity contribution >= 4 is 45.7 Å². The number of hydrogen-bond donors (Lipinski definition) is 0. The molecule has 3 heterocycles. The second kappa shape index (κ2) is 10.4. The number of aryl methyl sites for hydroxylation is 4. The van der Waals surface area contributed by atoms with Gasteiger partial charge in [0, 0.05) is 40.7 Å². The van der Waals surface area contributed by atoms with Crippen molar-refractivity contribution in [2.24, 2.45) is 0 Å². The van der Waals surface area contributed by atoms with Gasteiger partial charge in [-0.25, -0.2) is 9.97 Å². The zero-order valence-corrected chi connectivity index (χ0v) is 22.4. The van der Waals surface area contributed by atoms with E-state index in [-0.39, 0.29) is 11.5 Å². The maximum atomic E-state index is 12.8. The van der Waals surface area contributed by atoms with Crippen LogP contribution in [0.1, 0.15) is 27.6 Å². The molecule has 3 aromatic heterocycles. The number of methoxy groups -OCH3 is 2. The summed E-state index contributed by atoms with van der Waals surface area (Å²) in [5.41, 5.74) is 3.95. The highest BCUT2D eigenvalue weighted by molar-refractivity contribution is 7.99. The fraction of sp³-hybridized carbons (Fsp3) is 0.269. The molecule has 0 aliphatic carbocycles. The summed E-state index contributed by atoms with van der Waals surface area (Å²) in [6.45, 7) is 4.65. The van der Waals surface area contributed by atoms with E-state index >= 15 is 0 Å². The molecule has 0 aliphatic heterocycles. The number of Topliss-reactive ketones (excluding diaryl/α,β-unsaturated/α-hetero) is 1. The van der Waals surface area contributed by atoms with Crippen molar-refractivity contribution in [1.82, 2.24) is 29.4 Å². The van der Waals surface area contributed by atoms with Crippen LogP contribution in [0, 0.1) is 13.8 Å². The number of ketones is 1. The lowest BCUT2D eigenvalue weighted by atomic mass is 10.1. The number of thioether (sulfide) groups is 1. The number of hydrogen-bond acceptors (Lipinski definition) is 8. The van der Waals surface area contributed by atoms with Crippen LogP contribution in [0.25, 0.3) is 16.6 Å². The van der Waals surface area contributed by atoms with Crippen molar-refractivity contribution in [3.8, 4) is 11.5 Å². The van der Waals surface area contributed by atoms with Crippen LogP contribution in [0.3, 0.4) is 0 Å². The van der Waals surface area contributed by atoms with Gasteiger partial charge in [0.1, 0.15) is 0 Å². The Morgan fingerprint density at radius 2 is 1.73 bits per heavy atom. The molecule has 0 fully saturated rings. The first kappa shape index (κ1) is 25.0. The molecule has 2 aromatic carbocycles. The van der Waals surface area contributed by atoms with E-state index in [0.717, 1.165) is 16.8 Å². The first-order valence-corrected chi connectivity index (χ1v) is 13.0. The summed E-state index contributed by atoms with van der Waals surface area (Å²) in [7, 11) is 3.17. The number of carbonyl (C=O) groups is 1. The predicted octanol–water partition coefficient (Wildman–Crippen LogP) is 4.98. The molecule has 0 N–H and O–H groups in total. The number of halogens is 1. The summed E-state index contributed by atoms with van der Waals surface area (Å²) in [5, 5.41) is 11.2. The average molecular weight is 537 g/mol. The molecule has 0 aliphatic rings. The minimum absolute atomic E-state index is 0.0334. The second-order valence-corrected chi connectivity index (χ2v) is 9.88. The van der Waals surface area contributed by atoms with Crippen molar-refractivity contribution in [2.45, 2.75) is 32.0 Å². The third-order valence-corrected chi connectivity index (χ3v) is 7.12. The summed E-state index contributed by atoms with van der Waals surface area (Å²) in [4.78, 5) is 22.5. The molecule has 0 radical (unpaired) electrons. The van der Waals surface area contributed by atoms with Gasteiger partial charge in [-0.3, -0.25) is 9.48 Å². The highest BCUT2D eigenvalue weighted by Gasteiger charge is 2.18. The lowest BCUT2D eigenvalue weighted by molar-refractivity contribution is 0.102. The SMILES string of the molecule is COc1cc2nc(SCC(=O)c3ccc(Cl)cc3)n3nc(CCn4nc(C)cc4C)nc3c2cc1OC. The largest absolute Gasteiger partial charge is 0.493 e. The zero-order valence-electron chi connectivity index (χ0n) is 20.9. The smallest absolute Gasteiger partial charge is 0.192 e. The first-order valence-electron chi connectivity index (χ1n) is 11.6. The van der Waals surface area contributed by atoms with Crippen LogP contribution in [-0.4, -0.2) is 55.1 Å². The summed E-state index contributed by atoms with van der Waals surface area (Å²) < 4.78 is 14.6. The van der Waals surface area contributed by atoms with Gasteiger partial charge in [0.25, 0.3) is 0 Å². The van der Waals surface area contributed by atoms with Gasteiger partial charge >= 0.3 is 0 Å². The van der Waals surface area contributed by atoms with Crippen molar-refractivity contribution in [3.63, 3.8) is 0 Å². The molecule has 37 heavy (non-hydrogen) atoms. The number of benzene rings is 2. The molecule has 0 spiro atoms. The van der Waals surface area contributed by atoms with E-state index < -0.39 is 0 Å². The van der Waals surface area contributed by atoms with Crippen molar-refractivity contribution in [1.29, 1.82) is 0 Å². The van der Waals surface area contributed by atoms with E-state index in [1.54, 1.807) is 43.0 Å². The number of carbonyl (C=O) groups excluding carboxylic acids is 1. The second-order valence-electron chi connectivity index (χ2n) is 8.50. The molecule has 5 aromatic rings. The molecule has 0 saturated carbocycles. The average Bonchev–Trinajstić information content (AvgIpc) is 3.47. The van der Waals surface area contributed by atoms with Crippen LogP contribution < -0.4 is 9.47 Å². The highest BCUT2D eigenvalue weighted by atomic mass is 35.5. The Kier molecular flexibility index (Phi) is 7.03. The third kappa shape index (κ3) is 5.12. The Morgan fingerprint density at radius 3 is 2.41 bits per heavy atom. The van der Waals surface area contributed by atoms with E-state index in [1.165, 1.54) is 11.8 Å². The van der Waals surface area contributed by atoms with Gasteiger partial charge in [-0.1, -0.05) is 23.4 Å². The summed E-state index contributed by atoms with van der Waals surface area (Å²) >= 11 is 7.27. The van der Waals surface area contributed by atoms with Crippen LogP contribution in [0.5, 0.6) is 11.5 Å². The molecule has 0 atom stereocenters. The van der Waals surface area contributed by atoms with Crippen molar-refractivity contribution in [2.75, 3.05) is 20.0 Å². The summed E-state index contributed by atoms with van der Waals surface area (Å²) in [6.07, 6.45) is 0.590. The topological polar surface area (TPSA) is 96.4 Å². The molecule has 0 unspecified atom stereocenters. The molecule has 0 bridgehead atoms. The first-order chi connectivity index (χ1) is 17.9. The number of ether oxygens (including phenoxy) is 2. The van der Waals surface area contributed by atoms with Gasteiger partial charge in [0.2, 0.25) is 0 Å². The van der Waals surface area contributed by atoms with Crippen LogP contribution in [0.4, 0.5) is 0 Å². The standard InChI is InChI=1S/C26H25ClN6O3S/c1-15-11-16(2)32(30-15)10-9-24-29-25-19-12-22(35-3)23(36-4)13-20(19)28-26(33(25)31-24)37-14-21(34)17-5-7-18(27)8-6-17/h5-8,11-13H,9-10,14H2,1-4H3. The molecular weight excluding hydrogens is 512 g/mol. The fourth-order valence-corrected chi connectivity index (χ4v) is 5.07. The van der Waals surface area contributed by atoms with E-state index in [0.29, 0.717) is 57.2 Å². The molecular formula is C26H25ClN6O3S. The van der Waals surface area contributed by atoms with Crippen LogP contribution in [0.15, 0.2) is 47.6 Å². The Bertz CT molecular complexity index is 1610. The Morgan fingerprint density at radius 1 is 1.00 bits per heavy atom. The van der Waals surface area contributed by atoms with Gasteiger partial charge in [0.05, 0.1) is 31.2 Å². The molecule has 9 nitrogen and oxygen atoms in total. The van der Waals surface area contributed by atoms with Crippen molar-refractivity contribution < 1.29 is 14.3 Å². The normalized spacial score (nSPS) is 11.4. The van der Waals surface area contributed by atoms with E-state index in [1.807, 2.05) is 36.7 Å². The molecule has 5 rings (SSSR count). The lowest BCUT2D eigenvalue weighted by Gasteiger charge is -2.11. The van der Waals surface area contributed by atoms with Gasteiger partial charge in [-0.2, -0.15) is 9.61 Å². The molecule has 0 amide bonds. The minimum Gasteiger partial charge on any atom is -0.493 e. The van der Waals surface area contributed by atoms with Gasteiger partial charge in [-0.15, -0.1) is 5.10 Å². The van der Waals surface area contributed by atoms with E-state index in [2.05, 4.69) is 5.10 Å². The maximum absolute atomic E-state index is 12.8. The van der Waals surface area contributed by atoms with E-state index in [9.17, 15) is 4.79 Å². The van der Waals surface area contributed by atoms with Gasteiger partial charge in [-0.05, 0) is 50.2 Å². The summed E-state index contributed by atoms with van der Waals surface area (Å²) in [5.74, 6) is 1.94. The number of rotatable bonds is 9. The Balaban J connectivity index is 1.52. The van der Waals surface area contributed by atoms with Gasteiger partial charge < -0.3 is 9.47 Å². The maximum Gasteiger partial charge on any atom is 0.192 e. The van der Waals surface area contributed by atoms with Crippen LogP contribution >= 0.6 is 23.4 Å². The fourth-order valence-electron chi connectivity index (χ4n) is 4.11.